The van der Waals surface area contributed by atoms with Crippen LogP contribution in [0.2, 0.25) is 5.02 Å². The minimum Gasteiger partial charge on any atom is -0.302 e. The summed E-state index contributed by atoms with van der Waals surface area (Å²) in [5.74, 6) is -1.39. The first kappa shape index (κ1) is 28.7. The average molecular weight is 566 g/mol. The number of pyridine rings is 1. The molecule has 4 nitrogen and oxygen atoms in total. The van der Waals surface area contributed by atoms with E-state index in [1.807, 2.05) is 57.2 Å². The van der Waals surface area contributed by atoms with Crippen molar-refractivity contribution in [3.05, 3.63) is 124 Å². The van der Waals surface area contributed by atoms with Crippen molar-refractivity contribution in [2.24, 2.45) is 0 Å². The van der Waals surface area contributed by atoms with Crippen LogP contribution >= 0.6 is 23.5 Å². The molecule has 0 saturated carbocycles. The molecule has 202 valence electrons. The van der Waals surface area contributed by atoms with Gasteiger partial charge in [0.1, 0.15) is 11.6 Å². The first-order valence-corrected chi connectivity index (χ1v) is 14.1. The van der Waals surface area contributed by atoms with Gasteiger partial charge in [0.15, 0.2) is 0 Å². The highest BCUT2D eigenvalue weighted by Gasteiger charge is 2.26. The second-order valence-corrected chi connectivity index (χ2v) is 10.3. The first-order chi connectivity index (χ1) is 18.9. The smallest absolute Gasteiger partial charge is 0.258 e. The van der Waals surface area contributed by atoms with Gasteiger partial charge in [-0.25, -0.2) is 8.78 Å². The third kappa shape index (κ3) is 7.04. The van der Waals surface area contributed by atoms with Gasteiger partial charge in [-0.3, -0.25) is 14.5 Å². The molecule has 0 radical (unpaired) electrons. The molecule has 3 aromatic carbocycles. The molecule has 4 aromatic rings. The monoisotopic (exact) mass is 565 g/mol. The van der Waals surface area contributed by atoms with Gasteiger partial charge < -0.3 is 4.90 Å². The largest absolute Gasteiger partial charge is 0.302 e. The zero-order chi connectivity index (χ0) is 27.9. The summed E-state index contributed by atoms with van der Waals surface area (Å²) in [6, 6.07) is 22.1. The van der Waals surface area contributed by atoms with E-state index in [0.29, 0.717) is 22.0 Å². The van der Waals surface area contributed by atoms with Crippen LogP contribution in [0.1, 0.15) is 59.2 Å². The highest BCUT2D eigenvalue weighted by Crippen LogP contribution is 2.37. The highest BCUT2D eigenvalue weighted by molar-refractivity contribution is 7.97. The Balaban J connectivity index is 0.00000172. The van der Waals surface area contributed by atoms with Crippen molar-refractivity contribution >= 4 is 35.1 Å². The number of rotatable bonds is 7. The topological polar surface area (TPSA) is 45.2 Å². The third-order valence-corrected chi connectivity index (χ3v) is 7.50. The number of aryl methyl sites for hydroxylation is 2. The Kier molecular flexibility index (Phi) is 9.73. The Morgan fingerprint density at radius 1 is 1.05 bits per heavy atom. The number of hydrogen-bond acceptors (Lipinski definition) is 4. The van der Waals surface area contributed by atoms with Gasteiger partial charge in [0.25, 0.3) is 5.91 Å². The second-order valence-electron chi connectivity index (χ2n) is 8.94. The number of carbonyl (C=O) groups excluding carboxylic acids is 1. The van der Waals surface area contributed by atoms with Crippen LogP contribution in [0.3, 0.4) is 0 Å². The molecular formula is C31H30ClF2N3OS. The fourth-order valence-electron chi connectivity index (χ4n) is 4.48. The molecule has 0 bridgehead atoms. The number of fused-ring (bicyclic) bond motifs is 1. The Morgan fingerprint density at radius 2 is 1.85 bits per heavy atom. The number of amides is 1. The minimum atomic E-state index is -0.606. The lowest BCUT2D eigenvalue weighted by atomic mass is 10.1. The summed E-state index contributed by atoms with van der Waals surface area (Å²) >= 11 is 7.32. The van der Waals surface area contributed by atoms with Gasteiger partial charge in [0.05, 0.1) is 17.1 Å². The maximum absolute atomic E-state index is 14.1. The maximum atomic E-state index is 14.1. The summed E-state index contributed by atoms with van der Waals surface area (Å²) in [6.07, 6.45) is 1.69. The predicted octanol–water partition coefficient (Wildman–Crippen LogP) is 8.48. The lowest BCUT2D eigenvalue weighted by Gasteiger charge is -2.24. The van der Waals surface area contributed by atoms with Gasteiger partial charge in [0, 0.05) is 34.1 Å². The summed E-state index contributed by atoms with van der Waals surface area (Å²) in [5.41, 5.74) is 5.08. The van der Waals surface area contributed by atoms with Gasteiger partial charge in [-0.15, -0.1) is 0 Å². The number of hydrogen-bond donors (Lipinski definition) is 1. The Morgan fingerprint density at radius 3 is 2.59 bits per heavy atom. The summed E-state index contributed by atoms with van der Waals surface area (Å²) in [7, 11) is 0. The van der Waals surface area contributed by atoms with Gasteiger partial charge in [-0.1, -0.05) is 43.6 Å². The molecule has 1 N–H and O–H groups in total. The molecule has 1 amide bonds. The van der Waals surface area contributed by atoms with Crippen molar-refractivity contribution in [2.75, 3.05) is 4.90 Å². The zero-order valence-electron chi connectivity index (χ0n) is 22.0. The number of nitrogens with zero attached hydrogens (tertiary/aromatic N) is 2. The molecule has 39 heavy (non-hydrogen) atoms. The number of benzene rings is 3. The highest BCUT2D eigenvalue weighted by atomic mass is 35.5. The fourth-order valence-corrected chi connectivity index (χ4v) is 5.48. The van der Waals surface area contributed by atoms with Crippen LogP contribution in [0, 0.1) is 18.6 Å². The molecule has 0 aliphatic heterocycles. The third-order valence-electron chi connectivity index (χ3n) is 6.31. The molecule has 1 aliphatic rings. The van der Waals surface area contributed by atoms with E-state index in [1.54, 1.807) is 29.2 Å². The number of aromatic nitrogens is 1. The molecule has 0 spiro atoms. The van der Waals surface area contributed by atoms with Crippen molar-refractivity contribution < 1.29 is 13.6 Å². The van der Waals surface area contributed by atoms with Gasteiger partial charge >= 0.3 is 0 Å². The van der Waals surface area contributed by atoms with Crippen LogP contribution in [0.15, 0.2) is 83.8 Å². The van der Waals surface area contributed by atoms with E-state index in [-0.39, 0.29) is 11.9 Å². The van der Waals surface area contributed by atoms with Gasteiger partial charge in [-0.2, -0.15) is 0 Å². The van der Waals surface area contributed by atoms with Crippen molar-refractivity contribution in [1.29, 1.82) is 0 Å². The minimum absolute atomic E-state index is 0.0513. The predicted molar refractivity (Wildman–Crippen MR) is 155 cm³/mol. The van der Waals surface area contributed by atoms with Crippen LogP contribution in [0.5, 0.6) is 0 Å². The molecule has 1 aromatic heterocycles. The molecule has 1 aliphatic carbocycles. The summed E-state index contributed by atoms with van der Waals surface area (Å²) in [6.45, 7) is 6.21. The Bertz CT molecular complexity index is 1470. The van der Waals surface area contributed by atoms with Crippen molar-refractivity contribution in [1.82, 2.24) is 9.71 Å². The molecule has 1 unspecified atom stereocenters. The number of halogens is 3. The van der Waals surface area contributed by atoms with Crippen LogP contribution in [0.25, 0.3) is 0 Å². The zero-order valence-corrected chi connectivity index (χ0v) is 23.6. The van der Waals surface area contributed by atoms with E-state index in [9.17, 15) is 13.6 Å². The Hall–Kier alpha value is -3.26. The van der Waals surface area contributed by atoms with Crippen LogP contribution in [-0.4, -0.2) is 10.9 Å². The summed E-state index contributed by atoms with van der Waals surface area (Å²) < 4.78 is 30.8. The SMILES string of the molecule is CC.Cc1cccc(CN(C(=O)c2cccc(Cl)c2)c2ccc3c(c2)C(NSc2ccc(F)cc2F)CC3)n1. The number of nitrogens with one attached hydrogen (secondary N) is 1. The van der Waals surface area contributed by atoms with Crippen molar-refractivity contribution in [3.63, 3.8) is 0 Å². The normalized spacial score (nSPS) is 13.8. The number of anilines is 1. The fraction of sp³-hybridized carbons (Fsp3) is 0.226. The molecular weight excluding hydrogens is 536 g/mol. The molecule has 1 atom stereocenters. The van der Waals surface area contributed by atoms with Gasteiger partial charge in [0.2, 0.25) is 0 Å². The van der Waals surface area contributed by atoms with Crippen molar-refractivity contribution in [3.8, 4) is 0 Å². The van der Waals surface area contributed by atoms with E-state index >= 15 is 0 Å². The van der Waals surface area contributed by atoms with Crippen LogP contribution in [0.4, 0.5) is 14.5 Å². The Labute approximate surface area is 237 Å². The molecule has 5 rings (SSSR count). The first-order valence-electron chi connectivity index (χ1n) is 12.9. The maximum Gasteiger partial charge on any atom is 0.258 e. The van der Waals surface area contributed by atoms with Crippen LogP contribution in [-0.2, 0) is 13.0 Å². The average Bonchev–Trinajstić information content (AvgIpc) is 3.34. The van der Waals surface area contributed by atoms with Crippen molar-refractivity contribution in [2.45, 2.75) is 51.1 Å². The van der Waals surface area contributed by atoms with E-state index < -0.39 is 11.6 Å². The molecule has 8 heteroatoms. The van der Waals surface area contributed by atoms with Gasteiger partial charge in [-0.05, 0) is 97.4 Å². The van der Waals surface area contributed by atoms with Crippen LogP contribution < -0.4 is 9.62 Å². The molecule has 0 saturated heterocycles. The number of carbonyl (C=O) groups is 1. The quantitative estimate of drug-likeness (QED) is 0.228. The summed E-state index contributed by atoms with van der Waals surface area (Å²) in [5, 5.41) is 0.489. The van der Waals surface area contributed by atoms with E-state index in [4.69, 9.17) is 11.6 Å². The standard InChI is InChI=1S/C29H24ClF2N3OS.C2H6/c1-18-4-2-7-23(33-18)17-35(29(36)20-5-3-6-21(30)14-20)24-11-8-19-9-12-27(25(19)16-24)34-37-28-13-10-22(31)15-26(28)32;1-2/h2-8,10-11,13-16,27,34H,9,12,17H2,1H3;1-2H3. The van der Waals surface area contributed by atoms with E-state index in [0.717, 1.165) is 53.5 Å². The summed E-state index contributed by atoms with van der Waals surface area (Å²) in [4.78, 5) is 20.3. The van der Waals surface area contributed by atoms with E-state index in [1.165, 1.54) is 17.7 Å². The second kappa shape index (κ2) is 13.2. The molecule has 1 heterocycles. The lowest BCUT2D eigenvalue weighted by molar-refractivity contribution is 0.0984. The van der Waals surface area contributed by atoms with E-state index in [2.05, 4.69) is 9.71 Å². The molecule has 0 fully saturated rings. The lowest BCUT2D eigenvalue weighted by Crippen LogP contribution is -2.31.